The summed E-state index contributed by atoms with van der Waals surface area (Å²) in [6.07, 6.45) is 3.34. The number of rotatable bonds is 2. The second-order valence-electron chi connectivity index (χ2n) is 4.20. The van der Waals surface area contributed by atoms with Crippen LogP contribution in [0.3, 0.4) is 0 Å². The lowest BCUT2D eigenvalue weighted by molar-refractivity contribution is -0.138. The van der Waals surface area contributed by atoms with Crippen LogP contribution in [-0.2, 0) is 19.1 Å². The number of carbonyl (C=O) groups excluding carboxylic acids is 1. The van der Waals surface area contributed by atoms with Crippen LogP contribution in [0.1, 0.15) is 13.8 Å². The predicted molar refractivity (Wildman–Crippen MR) is 53.7 cm³/mol. The molecule has 16 heavy (non-hydrogen) atoms. The van der Waals surface area contributed by atoms with Crippen LogP contribution >= 0.6 is 0 Å². The lowest BCUT2D eigenvalue weighted by Crippen LogP contribution is -2.28. The highest BCUT2D eigenvalue weighted by atomic mass is 16.6. The van der Waals surface area contributed by atoms with E-state index in [1.165, 1.54) is 7.11 Å². The van der Waals surface area contributed by atoms with Crippen molar-refractivity contribution >= 4 is 11.9 Å². The average molecular weight is 224 g/mol. The van der Waals surface area contributed by atoms with Crippen LogP contribution < -0.4 is 0 Å². The number of hydrogen-bond acceptors (Lipinski definition) is 4. The molecule has 0 amide bonds. The Kier molecular flexibility index (Phi) is 2.00. The molecule has 5 nitrogen and oxygen atoms in total. The molecule has 0 aromatic heterocycles. The summed E-state index contributed by atoms with van der Waals surface area (Å²) in [6, 6.07) is 0. The zero-order chi connectivity index (χ0) is 12.1. The smallest absolute Gasteiger partial charge is 0.337 e. The number of esters is 1. The Morgan fingerprint density at radius 1 is 1.25 bits per heavy atom. The number of carboxylic acids is 1. The van der Waals surface area contributed by atoms with Gasteiger partial charge in [0.25, 0.3) is 0 Å². The van der Waals surface area contributed by atoms with Crippen LogP contribution in [0.25, 0.3) is 0 Å². The van der Waals surface area contributed by atoms with Gasteiger partial charge in [-0.3, -0.25) is 0 Å². The summed E-state index contributed by atoms with van der Waals surface area (Å²) in [7, 11) is 1.22. The zero-order valence-electron chi connectivity index (χ0n) is 9.23. The first kappa shape index (κ1) is 10.9. The zero-order valence-corrected chi connectivity index (χ0v) is 9.23. The fourth-order valence-corrected chi connectivity index (χ4v) is 2.32. The normalized spacial score (nSPS) is 35.7. The van der Waals surface area contributed by atoms with Gasteiger partial charge < -0.3 is 14.6 Å². The monoisotopic (exact) mass is 224 g/mol. The quantitative estimate of drug-likeness (QED) is 0.551. The average Bonchev–Trinajstić information content (AvgIpc) is 2.62. The van der Waals surface area contributed by atoms with E-state index in [4.69, 9.17) is 9.84 Å². The summed E-state index contributed by atoms with van der Waals surface area (Å²) in [5.74, 6) is -1.82. The lowest BCUT2D eigenvalue weighted by atomic mass is 9.83. The Morgan fingerprint density at radius 2 is 1.75 bits per heavy atom. The summed E-state index contributed by atoms with van der Waals surface area (Å²) in [5, 5.41) is 9.15. The van der Waals surface area contributed by atoms with E-state index in [9.17, 15) is 9.59 Å². The van der Waals surface area contributed by atoms with Gasteiger partial charge in [-0.05, 0) is 26.0 Å². The Morgan fingerprint density at radius 3 is 2.19 bits per heavy atom. The standard InChI is InChI=1S/C11H12O5/c1-10-4-5-11(2,16-10)7(9(14)15-3)6(10)8(12)13/h4-5H,1-3H3,(H,12,13). The van der Waals surface area contributed by atoms with E-state index < -0.39 is 23.1 Å². The lowest BCUT2D eigenvalue weighted by Gasteiger charge is -2.20. The fraction of sp³-hybridized carbons (Fsp3) is 0.455. The molecule has 86 valence electrons. The van der Waals surface area contributed by atoms with Crippen LogP contribution in [0.2, 0.25) is 0 Å². The van der Waals surface area contributed by atoms with Gasteiger partial charge in [0.05, 0.1) is 18.3 Å². The Balaban J connectivity index is 2.63. The van der Waals surface area contributed by atoms with Gasteiger partial charge in [0.2, 0.25) is 0 Å². The molecule has 2 aliphatic rings. The van der Waals surface area contributed by atoms with Crippen LogP contribution in [0.5, 0.6) is 0 Å². The van der Waals surface area contributed by atoms with Gasteiger partial charge in [0.15, 0.2) is 0 Å². The van der Waals surface area contributed by atoms with Crippen molar-refractivity contribution < 1.29 is 24.2 Å². The van der Waals surface area contributed by atoms with E-state index in [0.717, 1.165) is 0 Å². The maximum absolute atomic E-state index is 11.6. The number of carbonyl (C=O) groups is 2. The van der Waals surface area contributed by atoms with Crippen LogP contribution in [-0.4, -0.2) is 35.4 Å². The van der Waals surface area contributed by atoms with Crippen LogP contribution in [0.15, 0.2) is 23.3 Å². The molecule has 0 aliphatic carbocycles. The van der Waals surface area contributed by atoms with E-state index in [-0.39, 0.29) is 11.1 Å². The predicted octanol–water partition coefficient (Wildman–Crippen LogP) is 0.658. The number of hydrogen-bond donors (Lipinski definition) is 1. The van der Waals surface area contributed by atoms with Gasteiger partial charge >= 0.3 is 11.9 Å². The molecule has 0 saturated carbocycles. The van der Waals surface area contributed by atoms with Crippen molar-refractivity contribution in [1.29, 1.82) is 0 Å². The van der Waals surface area contributed by atoms with Crippen LogP contribution in [0.4, 0.5) is 0 Å². The van der Waals surface area contributed by atoms with Gasteiger partial charge in [-0.1, -0.05) is 0 Å². The van der Waals surface area contributed by atoms with Gasteiger partial charge in [-0.15, -0.1) is 0 Å². The first-order valence-electron chi connectivity index (χ1n) is 4.81. The molecule has 2 rings (SSSR count). The first-order valence-corrected chi connectivity index (χ1v) is 4.81. The van der Waals surface area contributed by atoms with Crippen LogP contribution in [0, 0.1) is 0 Å². The second-order valence-corrected chi connectivity index (χ2v) is 4.20. The van der Waals surface area contributed by atoms with Crippen molar-refractivity contribution in [1.82, 2.24) is 0 Å². The van der Waals surface area contributed by atoms with E-state index in [1.54, 1.807) is 26.0 Å². The molecule has 2 atom stereocenters. The summed E-state index contributed by atoms with van der Waals surface area (Å²) >= 11 is 0. The molecular formula is C11H12O5. The topological polar surface area (TPSA) is 72.8 Å². The molecule has 1 N–H and O–H groups in total. The van der Waals surface area contributed by atoms with Gasteiger partial charge in [-0.25, -0.2) is 9.59 Å². The number of aliphatic carboxylic acids is 1. The summed E-state index contributed by atoms with van der Waals surface area (Å²) < 4.78 is 10.2. The third-order valence-electron chi connectivity index (χ3n) is 2.99. The van der Waals surface area contributed by atoms with Crippen molar-refractivity contribution in [2.45, 2.75) is 25.0 Å². The van der Waals surface area contributed by atoms with E-state index in [2.05, 4.69) is 4.74 Å². The maximum atomic E-state index is 11.6. The summed E-state index contributed by atoms with van der Waals surface area (Å²) in [5.41, 5.74) is -1.99. The molecule has 0 spiro atoms. The van der Waals surface area contributed by atoms with E-state index in [0.29, 0.717) is 0 Å². The van der Waals surface area contributed by atoms with Crippen molar-refractivity contribution in [2.75, 3.05) is 7.11 Å². The molecule has 5 heteroatoms. The summed E-state index contributed by atoms with van der Waals surface area (Å²) in [6.45, 7) is 3.27. The molecule has 2 aliphatic heterocycles. The van der Waals surface area contributed by atoms with Gasteiger partial charge in [0, 0.05) is 0 Å². The molecule has 2 bridgehead atoms. The molecule has 0 aromatic carbocycles. The minimum absolute atomic E-state index is 0.0376. The second kappa shape index (κ2) is 2.95. The number of fused-ring (bicyclic) bond motifs is 2. The molecule has 0 radical (unpaired) electrons. The Bertz CT molecular complexity index is 447. The molecule has 0 aromatic rings. The maximum Gasteiger partial charge on any atom is 0.337 e. The molecule has 0 saturated heterocycles. The summed E-state index contributed by atoms with van der Waals surface area (Å²) in [4.78, 5) is 22.8. The highest BCUT2D eigenvalue weighted by molar-refractivity contribution is 6.05. The third kappa shape index (κ3) is 1.15. The fourth-order valence-electron chi connectivity index (χ4n) is 2.32. The minimum Gasteiger partial charge on any atom is -0.478 e. The largest absolute Gasteiger partial charge is 0.478 e. The Labute approximate surface area is 92.3 Å². The number of methoxy groups -OCH3 is 1. The van der Waals surface area contributed by atoms with Gasteiger partial charge in [0.1, 0.15) is 11.2 Å². The molecule has 0 fully saturated rings. The van der Waals surface area contributed by atoms with E-state index >= 15 is 0 Å². The SMILES string of the molecule is COC(=O)C1=C(C(=O)O)C2(C)C=CC1(C)O2. The Hall–Kier alpha value is -1.62. The highest BCUT2D eigenvalue weighted by Gasteiger charge is 2.57. The van der Waals surface area contributed by atoms with Gasteiger partial charge in [-0.2, -0.15) is 0 Å². The first-order chi connectivity index (χ1) is 7.34. The van der Waals surface area contributed by atoms with Crippen molar-refractivity contribution in [3.63, 3.8) is 0 Å². The van der Waals surface area contributed by atoms with Crippen molar-refractivity contribution in [2.24, 2.45) is 0 Å². The molecule has 2 unspecified atom stereocenters. The number of ether oxygens (including phenoxy) is 2. The molecular weight excluding hydrogens is 212 g/mol. The highest BCUT2D eigenvalue weighted by Crippen LogP contribution is 2.49. The minimum atomic E-state index is -1.16. The third-order valence-corrected chi connectivity index (χ3v) is 2.99. The van der Waals surface area contributed by atoms with Crippen molar-refractivity contribution in [3.05, 3.63) is 23.3 Å². The van der Waals surface area contributed by atoms with E-state index in [1.807, 2.05) is 0 Å². The molecule has 2 heterocycles. The number of carboxylic acid groups (broad SMARTS) is 1. The van der Waals surface area contributed by atoms with Crippen molar-refractivity contribution in [3.8, 4) is 0 Å².